The molecule has 0 saturated heterocycles. The molecule has 0 saturated carbocycles. The smallest absolute Gasteiger partial charge is 0.293 e. The summed E-state index contributed by atoms with van der Waals surface area (Å²) in [6.07, 6.45) is 1.59. The van der Waals surface area contributed by atoms with Crippen LogP contribution >= 0.6 is 0 Å². The molecule has 1 heterocycles. The van der Waals surface area contributed by atoms with Crippen molar-refractivity contribution in [3.63, 3.8) is 0 Å². The topological polar surface area (TPSA) is 105 Å². The van der Waals surface area contributed by atoms with Crippen molar-refractivity contribution >= 4 is 26.6 Å². The molecule has 33 heavy (non-hydrogen) atoms. The van der Waals surface area contributed by atoms with Gasteiger partial charge in [-0.05, 0) is 56.2 Å². The van der Waals surface area contributed by atoms with E-state index in [0.717, 1.165) is 0 Å². The number of aromatic nitrogens is 1. The monoisotopic (exact) mass is 467 g/mol. The summed E-state index contributed by atoms with van der Waals surface area (Å²) in [6.45, 7) is 5.21. The average Bonchev–Trinajstić information content (AvgIpc) is 3.19. The van der Waals surface area contributed by atoms with Crippen molar-refractivity contribution in [3.8, 4) is 22.3 Å². The van der Waals surface area contributed by atoms with Crippen LogP contribution in [0.1, 0.15) is 20.8 Å². The maximum absolute atomic E-state index is 15.2. The number of halogens is 1. The Morgan fingerprint density at radius 2 is 1.70 bits per heavy atom. The lowest BCUT2D eigenvalue weighted by atomic mass is 9.98. The van der Waals surface area contributed by atoms with Crippen molar-refractivity contribution in [1.29, 1.82) is 0 Å². The number of rotatable bonds is 5. The normalized spacial score (nSPS) is 12.2. The van der Waals surface area contributed by atoms with Crippen molar-refractivity contribution < 1.29 is 17.7 Å². The molecule has 0 spiro atoms. The highest BCUT2D eigenvalue weighted by molar-refractivity contribution is 7.89. The quantitative estimate of drug-likeness (QED) is 0.293. The molecule has 2 N–H and O–H groups in total. The van der Waals surface area contributed by atoms with Crippen LogP contribution in [-0.2, 0) is 10.0 Å². The van der Waals surface area contributed by atoms with Gasteiger partial charge in [-0.3, -0.25) is 10.1 Å². The summed E-state index contributed by atoms with van der Waals surface area (Å²) < 4.78 is 43.7. The molecule has 0 aliphatic rings. The first-order chi connectivity index (χ1) is 15.5. The zero-order chi connectivity index (χ0) is 24.0. The fraction of sp³-hybridized carbons (Fsp3) is 0.167. The van der Waals surface area contributed by atoms with E-state index in [4.69, 9.17) is 0 Å². The van der Waals surface area contributed by atoms with Crippen LogP contribution in [0.2, 0.25) is 0 Å². The van der Waals surface area contributed by atoms with E-state index < -0.39 is 26.3 Å². The lowest BCUT2D eigenvalue weighted by molar-refractivity contribution is -0.383. The molecule has 7 nitrogen and oxygen atoms in total. The lowest BCUT2D eigenvalue weighted by Crippen LogP contribution is -2.40. The molecule has 0 aliphatic carbocycles. The van der Waals surface area contributed by atoms with Crippen LogP contribution in [-0.4, -0.2) is 23.9 Å². The number of hydrogen-bond donors (Lipinski definition) is 2. The van der Waals surface area contributed by atoms with Crippen molar-refractivity contribution in [2.24, 2.45) is 0 Å². The van der Waals surface area contributed by atoms with Gasteiger partial charge >= 0.3 is 0 Å². The summed E-state index contributed by atoms with van der Waals surface area (Å²) in [7, 11) is -3.86. The van der Waals surface area contributed by atoms with E-state index in [2.05, 4.69) is 9.71 Å². The minimum Gasteiger partial charge on any atom is -0.356 e. The number of nitrogens with one attached hydrogen (secondary N) is 2. The van der Waals surface area contributed by atoms with E-state index in [1.807, 2.05) is 0 Å². The standard InChI is InChI=1S/C24H22FN3O4S/c1-24(2,3)27-33(31,32)22-7-5-4-6-19(22)15-8-9-18(20(25)13-15)17-12-16-10-11-26-23(16)21(14-17)28(29)30/h4-14,26-27H,1-3H3. The Morgan fingerprint density at radius 1 is 0.970 bits per heavy atom. The highest BCUT2D eigenvalue weighted by Crippen LogP contribution is 2.35. The Kier molecular flexibility index (Phi) is 5.55. The zero-order valence-electron chi connectivity index (χ0n) is 18.2. The molecule has 4 rings (SSSR count). The third kappa shape index (κ3) is 4.50. The molecular weight excluding hydrogens is 445 g/mol. The van der Waals surface area contributed by atoms with Crippen LogP contribution in [0.4, 0.5) is 10.1 Å². The Hall–Kier alpha value is -3.56. The van der Waals surface area contributed by atoms with Crippen LogP contribution in [0.25, 0.3) is 33.2 Å². The second-order valence-corrected chi connectivity index (χ2v) is 10.4. The number of fused-ring (bicyclic) bond motifs is 1. The summed E-state index contributed by atoms with van der Waals surface area (Å²) in [5.74, 6) is -0.618. The fourth-order valence-corrected chi connectivity index (χ4v) is 5.42. The molecule has 0 fully saturated rings. The van der Waals surface area contributed by atoms with E-state index in [9.17, 15) is 18.5 Å². The molecular formula is C24H22FN3O4S. The van der Waals surface area contributed by atoms with Crippen LogP contribution in [0.5, 0.6) is 0 Å². The first kappa shape index (κ1) is 22.6. The molecule has 1 aromatic heterocycles. The van der Waals surface area contributed by atoms with E-state index in [-0.39, 0.29) is 16.1 Å². The maximum Gasteiger partial charge on any atom is 0.293 e. The van der Waals surface area contributed by atoms with Gasteiger partial charge in [0.05, 0.1) is 9.82 Å². The fourth-order valence-electron chi connectivity index (χ4n) is 3.77. The van der Waals surface area contributed by atoms with Gasteiger partial charge in [0.15, 0.2) is 0 Å². The molecule has 0 radical (unpaired) electrons. The first-order valence-corrected chi connectivity index (χ1v) is 11.6. The summed E-state index contributed by atoms with van der Waals surface area (Å²) >= 11 is 0. The largest absolute Gasteiger partial charge is 0.356 e. The summed E-state index contributed by atoms with van der Waals surface area (Å²) in [5.41, 5.74) is 0.792. The van der Waals surface area contributed by atoms with E-state index >= 15 is 4.39 Å². The molecule has 0 bridgehead atoms. The lowest BCUT2D eigenvalue weighted by Gasteiger charge is -2.21. The van der Waals surface area contributed by atoms with Gasteiger partial charge in [0.2, 0.25) is 10.0 Å². The van der Waals surface area contributed by atoms with Gasteiger partial charge in [-0.15, -0.1) is 0 Å². The third-order valence-corrected chi connectivity index (χ3v) is 6.86. The number of H-pyrrole nitrogens is 1. The molecule has 9 heteroatoms. The molecule has 0 atom stereocenters. The van der Waals surface area contributed by atoms with Gasteiger partial charge in [0, 0.05) is 34.3 Å². The van der Waals surface area contributed by atoms with Crippen molar-refractivity contribution in [1.82, 2.24) is 9.71 Å². The molecule has 0 unspecified atom stereocenters. The Labute approximate surface area is 190 Å². The van der Waals surface area contributed by atoms with E-state index in [1.54, 1.807) is 63.4 Å². The van der Waals surface area contributed by atoms with Crippen molar-refractivity contribution in [2.45, 2.75) is 31.2 Å². The Balaban J connectivity index is 1.81. The zero-order valence-corrected chi connectivity index (χ0v) is 19.0. The van der Waals surface area contributed by atoms with Crippen LogP contribution in [0.3, 0.4) is 0 Å². The van der Waals surface area contributed by atoms with Gasteiger partial charge in [-0.25, -0.2) is 17.5 Å². The van der Waals surface area contributed by atoms with E-state index in [1.165, 1.54) is 24.3 Å². The molecule has 0 aliphatic heterocycles. The van der Waals surface area contributed by atoms with Crippen LogP contribution < -0.4 is 4.72 Å². The first-order valence-electron chi connectivity index (χ1n) is 10.2. The highest BCUT2D eigenvalue weighted by Gasteiger charge is 2.25. The number of non-ortho nitro benzene ring substituents is 1. The highest BCUT2D eigenvalue weighted by atomic mass is 32.2. The molecule has 3 aromatic carbocycles. The maximum atomic E-state index is 15.2. The van der Waals surface area contributed by atoms with Gasteiger partial charge < -0.3 is 4.98 Å². The van der Waals surface area contributed by atoms with Gasteiger partial charge in [0.1, 0.15) is 11.3 Å². The van der Waals surface area contributed by atoms with Gasteiger partial charge in [0.25, 0.3) is 5.69 Å². The predicted octanol–water partition coefficient (Wildman–Crippen LogP) is 5.63. The molecule has 0 amide bonds. The van der Waals surface area contributed by atoms with E-state index in [0.29, 0.717) is 27.6 Å². The molecule has 4 aromatic rings. The van der Waals surface area contributed by atoms with Crippen LogP contribution in [0.15, 0.2) is 71.8 Å². The third-order valence-electron chi connectivity index (χ3n) is 5.04. The van der Waals surface area contributed by atoms with Gasteiger partial charge in [-0.1, -0.05) is 30.3 Å². The summed E-state index contributed by atoms with van der Waals surface area (Å²) in [4.78, 5) is 13.8. The van der Waals surface area contributed by atoms with Crippen molar-refractivity contribution in [2.75, 3.05) is 0 Å². The van der Waals surface area contributed by atoms with Gasteiger partial charge in [-0.2, -0.15) is 0 Å². The SMILES string of the molecule is CC(C)(C)NS(=O)(=O)c1ccccc1-c1ccc(-c2cc([N+](=O)[O-])c3[nH]ccc3c2)c(F)c1. The molecule has 170 valence electrons. The number of aromatic amines is 1. The van der Waals surface area contributed by atoms with Crippen LogP contribution in [0, 0.1) is 15.9 Å². The predicted molar refractivity (Wildman–Crippen MR) is 126 cm³/mol. The van der Waals surface area contributed by atoms with Crippen molar-refractivity contribution in [3.05, 3.63) is 82.8 Å². The number of hydrogen-bond acceptors (Lipinski definition) is 4. The minimum atomic E-state index is -3.86. The number of nitro groups is 1. The summed E-state index contributed by atoms with van der Waals surface area (Å²) in [5, 5.41) is 12.1. The Morgan fingerprint density at radius 3 is 2.36 bits per heavy atom. The number of nitrogens with zero attached hydrogens (tertiary/aromatic N) is 1. The minimum absolute atomic E-state index is 0.0384. The Bertz CT molecular complexity index is 1490. The second-order valence-electron chi connectivity index (χ2n) is 8.74. The number of sulfonamides is 1. The average molecular weight is 468 g/mol. The number of nitro benzene ring substituents is 1. The second kappa shape index (κ2) is 8.09. The summed E-state index contributed by atoms with van der Waals surface area (Å²) in [6, 6.07) is 15.4. The number of benzene rings is 3.